The van der Waals surface area contributed by atoms with E-state index in [1.54, 1.807) is 0 Å². The Morgan fingerprint density at radius 3 is 2.81 bits per heavy atom. The van der Waals surface area contributed by atoms with Crippen LogP contribution in [0, 0.1) is 0 Å². The highest BCUT2D eigenvalue weighted by Gasteiger charge is 2.19. The molecule has 1 saturated heterocycles. The maximum Gasteiger partial charge on any atom is 0.161 e. The first-order valence-corrected chi connectivity index (χ1v) is 6.80. The minimum atomic E-state index is 0.399. The smallest absolute Gasteiger partial charge is 0.161 e. The molecule has 0 amide bonds. The van der Waals surface area contributed by atoms with E-state index in [4.69, 9.17) is 10.5 Å². The molecule has 4 heterocycles. The lowest BCUT2D eigenvalue weighted by Gasteiger charge is -2.07. The molecule has 106 valence electrons. The van der Waals surface area contributed by atoms with E-state index in [1.807, 2.05) is 18.6 Å². The highest BCUT2D eigenvalue weighted by molar-refractivity contribution is 5.98. The van der Waals surface area contributed by atoms with Crippen molar-refractivity contribution in [3.05, 3.63) is 30.5 Å². The molecule has 0 aromatic carbocycles. The van der Waals surface area contributed by atoms with Gasteiger partial charge in [0.15, 0.2) is 5.82 Å². The van der Waals surface area contributed by atoms with Crippen molar-refractivity contribution in [1.29, 1.82) is 0 Å². The van der Waals surface area contributed by atoms with Crippen molar-refractivity contribution in [2.45, 2.75) is 12.3 Å². The van der Waals surface area contributed by atoms with Gasteiger partial charge in [-0.1, -0.05) is 0 Å². The summed E-state index contributed by atoms with van der Waals surface area (Å²) in [5.41, 5.74) is 8.54. The van der Waals surface area contributed by atoms with Gasteiger partial charge in [-0.2, -0.15) is 0 Å². The monoisotopic (exact) mass is 282 g/mol. The molecule has 1 unspecified atom stereocenters. The molecule has 0 spiro atoms. The topological polar surface area (TPSA) is 103 Å². The Bertz CT molecular complexity index is 776. The summed E-state index contributed by atoms with van der Waals surface area (Å²) in [5.74, 6) is 1.44. The predicted octanol–water partition coefficient (Wildman–Crippen LogP) is 1.50. The maximum atomic E-state index is 5.93. The summed E-state index contributed by atoms with van der Waals surface area (Å²) in [5, 5.41) is 0.759. The summed E-state index contributed by atoms with van der Waals surface area (Å²) in [6, 6.07) is 0. The van der Waals surface area contributed by atoms with Crippen molar-refractivity contribution in [1.82, 2.24) is 24.9 Å². The molecule has 0 aliphatic carbocycles. The number of nitrogen functional groups attached to an aromatic ring is 1. The molecule has 3 aromatic rings. The van der Waals surface area contributed by atoms with E-state index in [-0.39, 0.29) is 0 Å². The van der Waals surface area contributed by atoms with Gasteiger partial charge in [0.2, 0.25) is 0 Å². The van der Waals surface area contributed by atoms with Crippen LogP contribution in [-0.2, 0) is 4.74 Å². The Hall–Kier alpha value is -2.54. The summed E-state index contributed by atoms with van der Waals surface area (Å²) in [4.78, 5) is 20.2. The van der Waals surface area contributed by atoms with Crippen molar-refractivity contribution in [3.8, 4) is 11.4 Å². The van der Waals surface area contributed by atoms with E-state index in [9.17, 15) is 0 Å². The zero-order valence-electron chi connectivity index (χ0n) is 11.3. The van der Waals surface area contributed by atoms with Crippen LogP contribution in [0.3, 0.4) is 0 Å². The fourth-order valence-electron chi connectivity index (χ4n) is 2.65. The first-order chi connectivity index (χ1) is 10.3. The Morgan fingerprint density at radius 2 is 2.05 bits per heavy atom. The number of anilines is 1. The lowest BCUT2D eigenvalue weighted by molar-refractivity contribution is 0.194. The number of fused-ring (bicyclic) bond motifs is 1. The second-order valence-corrected chi connectivity index (χ2v) is 5.09. The van der Waals surface area contributed by atoms with E-state index < -0.39 is 0 Å². The van der Waals surface area contributed by atoms with Crippen LogP contribution in [0.4, 0.5) is 5.82 Å². The largest absolute Gasteiger partial charge is 0.383 e. The van der Waals surface area contributed by atoms with E-state index >= 15 is 0 Å². The van der Waals surface area contributed by atoms with Crippen LogP contribution in [0.1, 0.15) is 17.9 Å². The molecule has 21 heavy (non-hydrogen) atoms. The summed E-state index contributed by atoms with van der Waals surface area (Å²) >= 11 is 0. The van der Waals surface area contributed by atoms with Crippen LogP contribution < -0.4 is 5.73 Å². The lowest BCUT2D eigenvalue weighted by atomic mass is 10.0. The molecule has 0 radical (unpaired) electrons. The molecule has 1 aliphatic heterocycles. The molecule has 1 atom stereocenters. The molecule has 0 bridgehead atoms. The summed E-state index contributed by atoms with van der Waals surface area (Å²) in [6.45, 7) is 1.55. The number of hydrogen-bond donors (Lipinski definition) is 2. The fourth-order valence-corrected chi connectivity index (χ4v) is 2.65. The number of nitrogens with two attached hydrogens (primary N) is 1. The van der Waals surface area contributed by atoms with Gasteiger partial charge in [0.25, 0.3) is 0 Å². The van der Waals surface area contributed by atoms with Crippen LogP contribution in [-0.4, -0.2) is 38.1 Å². The number of nitrogens with one attached hydrogen (secondary N) is 1. The van der Waals surface area contributed by atoms with Gasteiger partial charge in [-0.05, 0) is 12.0 Å². The summed E-state index contributed by atoms with van der Waals surface area (Å²) in [7, 11) is 0. The second-order valence-electron chi connectivity index (χ2n) is 5.09. The van der Waals surface area contributed by atoms with Gasteiger partial charge in [-0.25, -0.2) is 19.9 Å². The Balaban J connectivity index is 1.75. The highest BCUT2D eigenvalue weighted by atomic mass is 16.5. The van der Waals surface area contributed by atoms with Crippen LogP contribution in [0.5, 0.6) is 0 Å². The molecule has 7 heteroatoms. The number of H-pyrrole nitrogens is 1. The first-order valence-electron chi connectivity index (χ1n) is 6.80. The summed E-state index contributed by atoms with van der Waals surface area (Å²) in [6.07, 6.45) is 7.99. The van der Waals surface area contributed by atoms with Crippen molar-refractivity contribution >= 4 is 16.9 Å². The molecular formula is C14H14N6O. The van der Waals surface area contributed by atoms with Gasteiger partial charge < -0.3 is 15.5 Å². The van der Waals surface area contributed by atoms with Gasteiger partial charge in [0.05, 0.1) is 12.0 Å². The average molecular weight is 282 g/mol. The fraction of sp³-hybridized carbons (Fsp3) is 0.286. The molecule has 7 nitrogen and oxygen atoms in total. The van der Waals surface area contributed by atoms with Gasteiger partial charge in [0, 0.05) is 36.7 Å². The Kier molecular flexibility index (Phi) is 2.78. The molecule has 3 aromatic heterocycles. The third kappa shape index (κ3) is 2.02. The lowest BCUT2D eigenvalue weighted by Crippen LogP contribution is -2.00. The SMILES string of the molecule is Nc1ncnc2[nH]cc(-c3ncc(C4CCOC4)cn3)c12. The number of aromatic nitrogens is 5. The average Bonchev–Trinajstić information content (AvgIpc) is 3.18. The van der Waals surface area contributed by atoms with Crippen LogP contribution in [0.2, 0.25) is 0 Å². The normalized spacial score (nSPS) is 18.4. The molecule has 0 saturated carbocycles. The predicted molar refractivity (Wildman–Crippen MR) is 77.5 cm³/mol. The summed E-state index contributed by atoms with van der Waals surface area (Å²) < 4.78 is 5.39. The van der Waals surface area contributed by atoms with E-state index in [0.717, 1.165) is 36.1 Å². The number of aromatic amines is 1. The van der Waals surface area contributed by atoms with Crippen LogP contribution in [0.15, 0.2) is 24.9 Å². The van der Waals surface area contributed by atoms with Gasteiger partial charge in [-0.3, -0.25) is 0 Å². The van der Waals surface area contributed by atoms with Crippen molar-refractivity contribution < 1.29 is 4.74 Å². The number of nitrogens with zero attached hydrogens (tertiary/aromatic N) is 4. The van der Waals surface area contributed by atoms with E-state index in [0.29, 0.717) is 23.2 Å². The molecular weight excluding hydrogens is 268 g/mol. The Morgan fingerprint density at radius 1 is 1.19 bits per heavy atom. The van der Waals surface area contributed by atoms with Crippen LogP contribution >= 0.6 is 0 Å². The van der Waals surface area contributed by atoms with E-state index in [1.165, 1.54) is 6.33 Å². The van der Waals surface area contributed by atoms with Crippen molar-refractivity contribution in [2.75, 3.05) is 18.9 Å². The van der Waals surface area contributed by atoms with Crippen LogP contribution in [0.25, 0.3) is 22.4 Å². The maximum absolute atomic E-state index is 5.93. The van der Waals surface area contributed by atoms with Gasteiger partial charge in [0.1, 0.15) is 17.8 Å². The standard InChI is InChI=1S/C14H14N6O/c15-12-11-10(5-18-14(11)20-7-19-12)13-16-3-9(4-17-13)8-1-2-21-6-8/h3-5,7-8H,1-2,6H2,(H3,15,18,19,20). The number of ether oxygens (including phenoxy) is 1. The van der Waals surface area contributed by atoms with E-state index in [2.05, 4.69) is 24.9 Å². The van der Waals surface area contributed by atoms with Gasteiger partial charge in [-0.15, -0.1) is 0 Å². The zero-order valence-corrected chi connectivity index (χ0v) is 11.3. The van der Waals surface area contributed by atoms with Crippen molar-refractivity contribution in [3.63, 3.8) is 0 Å². The molecule has 4 rings (SSSR count). The third-order valence-electron chi connectivity index (χ3n) is 3.81. The third-order valence-corrected chi connectivity index (χ3v) is 3.81. The minimum absolute atomic E-state index is 0.399. The molecule has 3 N–H and O–H groups in total. The number of hydrogen-bond acceptors (Lipinski definition) is 6. The quantitative estimate of drug-likeness (QED) is 0.738. The minimum Gasteiger partial charge on any atom is -0.383 e. The zero-order chi connectivity index (χ0) is 14.2. The second kappa shape index (κ2) is 4.78. The Labute approximate surface area is 120 Å². The molecule has 1 aliphatic rings. The molecule has 1 fully saturated rings. The van der Waals surface area contributed by atoms with Gasteiger partial charge >= 0.3 is 0 Å². The first kappa shape index (κ1) is 12.2. The van der Waals surface area contributed by atoms with Crippen molar-refractivity contribution in [2.24, 2.45) is 0 Å². The number of rotatable bonds is 2. The highest BCUT2D eigenvalue weighted by Crippen LogP contribution is 2.29.